The van der Waals surface area contributed by atoms with E-state index in [4.69, 9.17) is 0 Å². The Labute approximate surface area is 133 Å². The lowest BCUT2D eigenvalue weighted by atomic mass is 10.0. The maximum Gasteiger partial charge on any atom is 0.264 e. The summed E-state index contributed by atoms with van der Waals surface area (Å²) in [5, 5.41) is 0. The SMILES string of the molecule is C/C=C\C(=C/C)S(=O)(=O)N(CCF)c1ccc(C(C)C)cc1. The Hall–Kier alpha value is -1.62. The molecule has 0 amide bonds. The average molecular weight is 325 g/mol. The molecule has 0 radical (unpaired) electrons. The maximum absolute atomic E-state index is 12.9. The molecule has 0 saturated heterocycles. The van der Waals surface area contributed by atoms with Crippen LogP contribution < -0.4 is 4.31 Å². The highest BCUT2D eigenvalue weighted by molar-refractivity contribution is 7.96. The van der Waals surface area contributed by atoms with E-state index < -0.39 is 16.7 Å². The van der Waals surface area contributed by atoms with E-state index in [-0.39, 0.29) is 11.4 Å². The monoisotopic (exact) mass is 325 g/mol. The van der Waals surface area contributed by atoms with Crippen LogP contribution in [0.15, 0.2) is 47.4 Å². The van der Waals surface area contributed by atoms with Crippen molar-refractivity contribution in [3.8, 4) is 0 Å². The number of rotatable bonds is 7. The molecule has 0 bridgehead atoms. The van der Waals surface area contributed by atoms with E-state index in [1.54, 1.807) is 32.1 Å². The largest absolute Gasteiger partial charge is 0.264 e. The van der Waals surface area contributed by atoms with Crippen molar-refractivity contribution in [1.29, 1.82) is 0 Å². The van der Waals surface area contributed by atoms with Gasteiger partial charge in [0.2, 0.25) is 0 Å². The Morgan fingerprint density at radius 1 is 1.23 bits per heavy atom. The third-order valence-corrected chi connectivity index (χ3v) is 5.28. The van der Waals surface area contributed by atoms with Crippen LogP contribution in [0, 0.1) is 0 Å². The van der Waals surface area contributed by atoms with Gasteiger partial charge in [0.15, 0.2) is 0 Å². The molecule has 0 N–H and O–H groups in total. The predicted molar refractivity (Wildman–Crippen MR) is 91.3 cm³/mol. The number of hydrogen-bond donors (Lipinski definition) is 0. The zero-order valence-corrected chi connectivity index (χ0v) is 14.4. The zero-order valence-electron chi connectivity index (χ0n) is 13.6. The Morgan fingerprint density at radius 3 is 2.23 bits per heavy atom. The summed E-state index contributed by atoms with van der Waals surface area (Å²) in [6.07, 6.45) is 4.69. The van der Waals surface area contributed by atoms with Crippen LogP contribution in [0.1, 0.15) is 39.2 Å². The first-order chi connectivity index (χ1) is 10.4. The normalized spacial score (nSPS) is 13.1. The highest BCUT2D eigenvalue weighted by Crippen LogP contribution is 2.25. The molecule has 0 aliphatic carbocycles. The number of benzene rings is 1. The summed E-state index contributed by atoms with van der Waals surface area (Å²) in [5.74, 6) is 0.356. The van der Waals surface area contributed by atoms with Gasteiger partial charge in [-0.3, -0.25) is 4.31 Å². The molecule has 0 fully saturated rings. The van der Waals surface area contributed by atoms with Crippen LogP contribution in [0.5, 0.6) is 0 Å². The van der Waals surface area contributed by atoms with Crippen molar-refractivity contribution in [2.24, 2.45) is 0 Å². The second-order valence-corrected chi connectivity index (χ2v) is 7.07. The van der Waals surface area contributed by atoms with E-state index in [0.29, 0.717) is 11.6 Å². The van der Waals surface area contributed by atoms with Crippen LogP contribution in [0.3, 0.4) is 0 Å². The van der Waals surface area contributed by atoms with E-state index in [1.165, 1.54) is 12.2 Å². The number of sulfonamides is 1. The first kappa shape index (κ1) is 18.4. The lowest BCUT2D eigenvalue weighted by Gasteiger charge is -2.24. The molecule has 0 spiro atoms. The maximum atomic E-state index is 12.9. The van der Waals surface area contributed by atoms with Gasteiger partial charge in [-0.1, -0.05) is 38.1 Å². The van der Waals surface area contributed by atoms with Crippen molar-refractivity contribution in [3.63, 3.8) is 0 Å². The Morgan fingerprint density at radius 2 is 1.82 bits per heavy atom. The minimum absolute atomic E-state index is 0.163. The number of halogens is 1. The van der Waals surface area contributed by atoms with Crippen molar-refractivity contribution in [2.75, 3.05) is 17.5 Å². The van der Waals surface area contributed by atoms with Gasteiger partial charge in [-0.15, -0.1) is 0 Å². The van der Waals surface area contributed by atoms with Crippen LogP contribution >= 0.6 is 0 Å². The molecule has 0 aliphatic heterocycles. The van der Waals surface area contributed by atoms with E-state index in [2.05, 4.69) is 13.8 Å². The molecule has 122 valence electrons. The fraction of sp³-hybridized carbons (Fsp3) is 0.412. The van der Waals surface area contributed by atoms with E-state index in [9.17, 15) is 12.8 Å². The summed E-state index contributed by atoms with van der Waals surface area (Å²) in [6, 6.07) is 7.22. The number of anilines is 1. The van der Waals surface area contributed by atoms with E-state index >= 15 is 0 Å². The smallest absolute Gasteiger partial charge is 0.264 e. The summed E-state index contributed by atoms with van der Waals surface area (Å²) in [6.45, 7) is 6.60. The molecule has 0 aliphatic rings. The average Bonchev–Trinajstić information content (AvgIpc) is 2.50. The van der Waals surface area contributed by atoms with E-state index in [0.717, 1.165) is 9.87 Å². The fourth-order valence-corrected chi connectivity index (χ4v) is 3.68. The molecule has 1 rings (SSSR count). The Balaban J connectivity index is 3.28. The second-order valence-electron chi connectivity index (χ2n) is 5.20. The van der Waals surface area contributed by atoms with Crippen LogP contribution in [-0.2, 0) is 10.0 Å². The van der Waals surface area contributed by atoms with Crippen LogP contribution in [0.4, 0.5) is 10.1 Å². The van der Waals surface area contributed by atoms with Gasteiger partial charge in [-0.2, -0.15) is 0 Å². The zero-order chi connectivity index (χ0) is 16.8. The number of allylic oxidation sites excluding steroid dienone is 3. The summed E-state index contributed by atoms with van der Waals surface area (Å²) >= 11 is 0. The lowest BCUT2D eigenvalue weighted by Crippen LogP contribution is -2.33. The van der Waals surface area contributed by atoms with Crippen molar-refractivity contribution in [1.82, 2.24) is 0 Å². The molecule has 0 heterocycles. The highest BCUT2D eigenvalue weighted by Gasteiger charge is 2.25. The summed E-state index contributed by atoms with van der Waals surface area (Å²) in [7, 11) is -3.76. The first-order valence-corrected chi connectivity index (χ1v) is 8.80. The minimum atomic E-state index is -3.76. The fourth-order valence-electron chi connectivity index (χ4n) is 2.11. The highest BCUT2D eigenvalue weighted by atomic mass is 32.2. The summed E-state index contributed by atoms with van der Waals surface area (Å²) < 4.78 is 39.4. The third kappa shape index (κ3) is 4.19. The molecule has 22 heavy (non-hydrogen) atoms. The number of alkyl halides is 1. The summed E-state index contributed by atoms with van der Waals surface area (Å²) in [5.41, 5.74) is 1.59. The van der Waals surface area contributed by atoms with Gasteiger partial charge in [0.25, 0.3) is 10.0 Å². The molecular formula is C17H24FNO2S. The molecule has 0 unspecified atom stereocenters. The van der Waals surface area contributed by atoms with Gasteiger partial charge in [0, 0.05) is 0 Å². The van der Waals surface area contributed by atoms with Crippen LogP contribution in [0.25, 0.3) is 0 Å². The number of hydrogen-bond acceptors (Lipinski definition) is 2. The lowest BCUT2D eigenvalue weighted by molar-refractivity contribution is 0.500. The predicted octanol–water partition coefficient (Wildman–Crippen LogP) is 4.40. The first-order valence-electron chi connectivity index (χ1n) is 7.36. The summed E-state index contributed by atoms with van der Waals surface area (Å²) in [4.78, 5) is 0.163. The molecular weight excluding hydrogens is 301 g/mol. The molecule has 5 heteroatoms. The topological polar surface area (TPSA) is 37.4 Å². The Bertz CT molecular complexity index is 631. The van der Waals surface area contributed by atoms with Gasteiger partial charge in [-0.25, -0.2) is 12.8 Å². The van der Waals surface area contributed by atoms with Crippen molar-refractivity contribution in [2.45, 2.75) is 33.6 Å². The minimum Gasteiger partial charge on any atom is -0.264 e. The molecule has 0 aromatic heterocycles. The van der Waals surface area contributed by atoms with Gasteiger partial charge in [-0.05, 0) is 43.5 Å². The molecule has 1 aromatic carbocycles. The van der Waals surface area contributed by atoms with E-state index in [1.807, 2.05) is 12.1 Å². The van der Waals surface area contributed by atoms with Gasteiger partial charge in [0.1, 0.15) is 6.67 Å². The van der Waals surface area contributed by atoms with Gasteiger partial charge >= 0.3 is 0 Å². The number of nitrogens with zero attached hydrogens (tertiary/aromatic N) is 1. The van der Waals surface area contributed by atoms with Gasteiger partial charge in [0.05, 0.1) is 17.1 Å². The van der Waals surface area contributed by atoms with Crippen LogP contribution in [0.2, 0.25) is 0 Å². The molecule has 1 aromatic rings. The van der Waals surface area contributed by atoms with Crippen molar-refractivity contribution >= 4 is 15.7 Å². The second kappa shape index (κ2) is 8.13. The molecule has 3 nitrogen and oxygen atoms in total. The quantitative estimate of drug-likeness (QED) is 0.697. The van der Waals surface area contributed by atoms with Crippen molar-refractivity contribution < 1.29 is 12.8 Å². The Kier molecular flexibility index (Phi) is 6.81. The third-order valence-electron chi connectivity index (χ3n) is 3.34. The van der Waals surface area contributed by atoms with Crippen molar-refractivity contribution in [3.05, 3.63) is 53.0 Å². The molecule has 0 saturated carbocycles. The molecule has 0 atom stereocenters. The standard InChI is InChI=1S/C17H24FNO2S/c1-5-7-17(6-2)22(20,21)19(13-12-18)16-10-8-15(9-11-16)14(3)4/h5-11,14H,12-13H2,1-4H3/b7-5-,17-6+. The van der Waals surface area contributed by atoms with Crippen LogP contribution in [-0.4, -0.2) is 21.6 Å². The van der Waals surface area contributed by atoms with Gasteiger partial charge < -0.3 is 0 Å².